The molecule has 15 rings (SSSR count). The van der Waals surface area contributed by atoms with Crippen LogP contribution in [0.2, 0.25) is 0 Å². The van der Waals surface area contributed by atoms with Gasteiger partial charge in [0.05, 0.1) is 0 Å². The molecule has 7 aliphatic carbocycles. The first-order chi connectivity index (χ1) is 28.2. The van der Waals surface area contributed by atoms with Crippen molar-refractivity contribution in [3.8, 4) is 33.4 Å². The Balaban J connectivity index is 1.11. The maximum absolute atomic E-state index is 2.64. The van der Waals surface area contributed by atoms with E-state index in [1.807, 2.05) is 0 Å². The smallest absolute Gasteiger partial charge is 0.0327 e. The van der Waals surface area contributed by atoms with Crippen LogP contribution in [0, 0.1) is 5.41 Å². The fourth-order valence-electron chi connectivity index (χ4n) is 13.2. The summed E-state index contributed by atoms with van der Waals surface area (Å²) >= 11 is 0. The van der Waals surface area contributed by atoms with Crippen molar-refractivity contribution in [3.63, 3.8) is 0 Å². The van der Waals surface area contributed by atoms with Crippen molar-refractivity contribution >= 4 is 56.0 Å². The highest BCUT2D eigenvalue weighted by Gasteiger charge is 2.75. The van der Waals surface area contributed by atoms with Gasteiger partial charge in [-0.2, -0.15) is 0 Å². The van der Waals surface area contributed by atoms with Gasteiger partial charge in [0.1, 0.15) is 0 Å². The Hall–Kier alpha value is -6.76. The molecule has 262 valence electrons. The number of benzene rings is 8. The SMILES string of the molecule is C1=C2c3ccc4ccccc4c3-c3ccc4c(c32)Cc2c1ccc1c2C23CC25CC(=C1)c1c(c(-c2ccccc2)c2ccccc2c1-c1ccccc1)C5=CC=C43. The minimum atomic E-state index is -0.0802. The minimum absolute atomic E-state index is 0.0139. The van der Waals surface area contributed by atoms with Gasteiger partial charge in [-0.3, -0.25) is 0 Å². The summed E-state index contributed by atoms with van der Waals surface area (Å²) in [7, 11) is 0. The van der Waals surface area contributed by atoms with Crippen molar-refractivity contribution in [3.05, 3.63) is 213 Å². The molecule has 2 atom stereocenters. The fourth-order valence-corrected chi connectivity index (χ4v) is 13.2. The van der Waals surface area contributed by atoms with Crippen LogP contribution in [0.1, 0.15) is 68.5 Å². The quantitative estimate of drug-likeness (QED) is 0.167. The molecule has 0 saturated heterocycles. The maximum atomic E-state index is 2.64. The molecule has 0 nitrogen and oxygen atoms in total. The van der Waals surface area contributed by atoms with Gasteiger partial charge >= 0.3 is 0 Å². The number of hydrogen-bond acceptors (Lipinski definition) is 0. The molecule has 1 saturated carbocycles. The summed E-state index contributed by atoms with van der Waals surface area (Å²) in [6, 6.07) is 55.3. The van der Waals surface area contributed by atoms with Gasteiger partial charge < -0.3 is 0 Å². The molecular formula is C57H34. The first kappa shape index (κ1) is 29.5. The van der Waals surface area contributed by atoms with E-state index in [9.17, 15) is 0 Å². The summed E-state index contributed by atoms with van der Waals surface area (Å²) in [6.45, 7) is 0. The molecule has 0 heteroatoms. The second-order valence-electron chi connectivity index (χ2n) is 17.5. The molecule has 7 aliphatic rings. The van der Waals surface area contributed by atoms with Crippen LogP contribution in [-0.4, -0.2) is 0 Å². The lowest BCUT2D eigenvalue weighted by Crippen LogP contribution is -2.28. The second-order valence-corrected chi connectivity index (χ2v) is 17.5. The van der Waals surface area contributed by atoms with Crippen LogP contribution in [-0.2, 0) is 11.8 Å². The first-order valence-electron chi connectivity index (χ1n) is 20.6. The molecule has 4 bridgehead atoms. The normalized spacial score (nSPS) is 21.3. The molecule has 2 spiro atoms. The molecule has 57 heavy (non-hydrogen) atoms. The van der Waals surface area contributed by atoms with Crippen molar-refractivity contribution < 1.29 is 0 Å². The molecule has 8 aromatic carbocycles. The lowest BCUT2D eigenvalue weighted by Gasteiger charge is -2.40. The van der Waals surface area contributed by atoms with Crippen molar-refractivity contribution in [2.45, 2.75) is 24.7 Å². The zero-order chi connectivity index (χ0) is 36.8. The highest BCUT2D eigenvalue weighted by atomic mass is 14.8. The van der Waals surface area contributed by atoms with Gasteiger partial charge in [0.25, 0.3) is 0 Å². The Labute approximate surface area is 331 Å². The third-order valence-electron chi connectivity index (χ3n) is 15.2. The Morgan fingerprint density at radius 3 is 1.86 bits per heavy atom. The van der Waals surface area contributed by atoms with Crippen LogP contribution in [0.5, 0.6) is 0 Å². The largest absolute Gasteiger partial charge is 0.0622 e. The van der Waals surface area contributed by atoms with Crippen molar-refractivity contribution in [1.29, 1.82) is 0 Å². The summed E-state index contributed by atoms with van der Waals surface area (Å²) in [5.41, 5.74) is 28.8. The number of hydrogen-bond donors (Lipinski definition) is 0. The van der Waals surface area contributed by atoms with E-state index in [2.05, 4.69) is 170 Å². The predicted octanol–water partition coefficient (Wildman–Crippen LogP) is 14.2. The van der Waals surface area contributed by atoms with Gasteiger partial charge in [-0.1, -0.05) is 164 Å². The van der Waals surface area contributed by atoms with E-state index < -0.39 is 0 Å². The van der Waals surface area contributed by atoms with Gasteiger partial charge in [-0.25, -0.2) is 0 Å². The van der Waals surface area contributed by atoms with Crippen LogP contribution in [0.3, 0.4) is 0 Å². The Morgan fingerprint density at radius 1 is 0.421 bits per heavy atom. The molecule has 8 aromatic rings. The Morgan fingerprint density at radius 2 is 1.07 bits per heavy atom. The fraction of sp³-hybridized carbons (Fsp3) is 0.0877. The first-order valence-corrected chi connectivity index (χ1v) is 20.6. The number of rotatable bonds is 2. The topological polar surface area (TPSA) is 0 Å². The van der Waals surface area contributed by atoms with E-state index >= 15 is 0 Å². The van der Waals surface area contributed by atoms with E-state index in [1.54, 1.807) is 22.3 Å². The third-order valence-corrected chi connectivity index (χ3v) is 15.2. The van der Waals surface area contributed by atoms with Gasteiger partial charge in [-0.05, 0) is 158 Å². The lowest BCUT2D eigenvalue weighted by atomic mass is 9.62. The van der Waals surface area contributed by atoms with Crippen molar-refractivity contribution in [2.24, 2.45) is 5.41 Å². The highest BCUT2D eigenvalue weighted by Crippen LogP contribution is 2.84. The van der Waals surface area contributed by atoms with E-state index in [-0.39, 0.29) is 10.8 Å². The lowest BCUT2D eigenvalue weighted by molar-refractivity contribution is 0.606. The standard InChI is InChI=1S/C57H34/c1-3-12-33(13-4-1)49-40-17-9-10-18-41(40)50(34-14-5-2-6-15-34)54-48-26-25-47-39-23-24-43-52-38-16-8-7-11-32(38)21-22-42(52)45-28-35-19-20-36-27-37(51(49)54)30-56(48)31-57(47,56)55(36)44(35)29-46(39)53(43)45/h1-28H,29-31H2. The molecular weight excluding hydrogens is 685 g/mol. The summed E-state index contributed by atoms with van der Waals surface area (Å²) < 4.78 is 0. The average Bonchev–Trinajstić information content (AvgIpc) is 3.93. The molecule has 2 unspecified atom stereocenters. The summed E-state index contributed by atoms with van der Waals surface area (Å²) in [5.74, 6) is 0. The number of fused-ring (bicyclic) bond motifs is 11. The molecule has 0 amide bonds. The molecule has 0 radical (unpaired) electrons. The molecule has 0 N–H and O–H groups in total. The van der Waals surface area contributed by atoms with Crippen LogP contribution in [0.15, 0.2) is 158 Å². The molecule has 1 fully saturated rings. The van der Waals surface area contributed by atoms with E-state index in [0.29, 0.717) is 0 Å². The predicted molar refractivity (Wildman–Crippen MR) is 238 cm³/mol. The van der Waals surface area contributed by atoms with E-state index in [1.165, 1.54) is 111 Å². The number of allylic oxidation sites excluding steroid dienone is 5. The zero-order valence-electron chi connectivity index (χ0n) is 31.3. The van der Waals surface area contributed by atoms with Crippen LogP contribution in [0.25, 0.3) is 89.4 Å². The van der Waals surface area contributed by atoms with Crippen LogP contribution in [0.4, 0.5) is 0 Å². The monoisotopic (exact) mass is 718 g/mol. The van der Waals surface area contributed by atoms with Gasteiger partial charge in [-0.15, -0.1) is 0 Å². The van der Waals surface area contributed by atoms with Crippen molar-refractivity contribution in [1.82, 2.24) is 0 Å². The van der Waals surface area contributed by atoms with Gasteiger partial charge in [0.2, 0.25) is 0 Å². The summed E-state index contributed by atoms with van der Waals surface area (Å²) in [5, 5.41) is 5.34. The van der Waals surface area contributed by atoms with Crippen LogP contribution < -0.4 is 0 Å². The zero-order valence-corrected chi connectivity index (χ0v) is 31.3. The maximum Gasteiger partial charge on any atom is 0.0327 e. The Bertz CT molecular complexity index is 3400. The van der Waals surface area contributed by atoms with Crippen molar-refractivity contribution in [2.75, 3.05) is 0 Å². The van der Waals surface area contributed by atoms with E-state index in [4.69, 9.17) is 0 Å². The Kier molecular flexibility index (Phi) is 5.06. The highest BCUT2D eigenvalue weighted by molar-refractivity contribution is 6.21. The minimum Gasteiger partial charge on any atom is -0.0622 e. The summed E-state index contributed by atoms with van der Waals surface area (Å²) in [4.78, 5) is 0. The average molecular weight is 719 g/mol. The molecule has 0 aliphatic heterocycles. The van der Waals surface area contributed by atoms with Crippen LogP contribution >= 0.6 is 0 Å². The van der Waals surface area contributed by atoms with Gasteiger partial charge in [0, 0.05) is 10.8 Å². The molecule has 0 heterocycles. The summed E-state index contributed by atoms with van der Waals surface area (Å²) in [6.07, 6.45) is 13.6. The molecule has 0 aromatic heterocycles. The third kappa shape index (κ3) is 3.27. The second kappa shape index (κ2) is 9.78. The van der Waals surface area contributed by atoms with Gasteiger partial charge in [0.15, 0.2) is 0 Å². The van der Waals surface area contributed by atoms with E-state index in [0.717, 1.165) is 19.3 Å².